The van der Waals surface area contributed by atoms with Crippen LogP contribution in [0.1, 0.15) is 37.4 Å². The Bertz CT molecular complexity index is 1110. The van der Waals surface area contributed by atoms with Crippen molar-refractivity contribution in [3.05, 3.63) is 100 Å². The van der Waals surface area contributed by atoms with Crippen LogP contribution in [0.3, 0.4) is 0 Å². The maximum atomic E-state index is 13.0. The van der Waals surface area contributed by atoms with Crippen LogP contribution in [0.15, 0.2) is 66.7 Å². The molecule has 0 saturated heterocycles. The van der Waals surface area contributed by atoms with E-state index in [1.807, 2.05) is 0 Å². The summed E-state index contributed by atoms with van der Waals surface area (Å²) in [6, 6.07) is 17.9. The molecule has 3 aromatic rings. The zero-order valence-electron chi connectivity index (χ0n) is 14.7. The van der Waals surface area contributed by atoms with Crippen LogP contribution in [-0.4, -0.2) is 16.7 Å². The standard InChI is InChI=1S/C22H15FN2O2S/c23-14-10-8-13(9-11-14)12-24-22(28)25-18-7-3-6-17-19(18)21(27)16-5-2-1-4-15(16)20(17)26/h1-11H,12H2,(H2,24,25,28). The van der Waals surface area contributed by atoms with Crippen molar-refractivity contribution in [1.82, 2.24) is 5.32 Å². The Labute approximate surface area is 166 Å². The van der Waals surface area contributed by atoms with Crippen molar-refractivity contribution < 1.29 is 14.0 Å². The summed E-state index contributed by atoms with van der Waals surface area (Å²) in [6.45, 7) is 0.400. The second-order valence-corrected chi connectivity index (χ2v) is 6.77. The Morgan fingerprint density at radius 1 is 0.821 bits per heavy atom. The Hall–Kier alpha value is -3.38. The Balaban J connectivity index is 1.56. The van der Waals surface area contributed by atoms with Crippen LogP contribution in [0.25, 0.3) is 0 Å². The van der Waals surface area contributed by atoms with E-state index < -0.39 is 0 Å². The number of carbonyl (C=O) groups is 2. The van der Waals surface area contributed by atoms with Gasteiger partial charge in [-0.05, 0) is 36.0 Å². The lowest BCUT2D eigenvalue weighted by Gasteiger charge is -2.21. The van der Waals surface area contributed by atoms with Gasteiger partial charge in [-0.1, -0.05) is 48.5 Å². The Morgan fingerprint density at radius 2 is 1.46 bits per heavy atom. The summed E-state index contributed by atoms with van der Waals surface area (Å²) in [6.07, 6.45) is 0. The highest BCUT2D eigenvalue weighted by molar-refractivity contribution is 7.80. The fourth-order valence-corrected chi connectivity index (χ4v) is 3.38. The summed E-state index contributed by atoms with van der Waals surface area (Å²) in [4.78, 5) is 25.7. The number of nitrogens with one attached hydrogen (secondary N) is 2. The van der Waals surface area contributed by atoms with Crippen molar-refractivity contribution in [3.8, 4) is 0 Å². The molecule has 0 aromatic heterocycles. The molecule has 4 nitrogen and oxygen atoms in total. The van der Waals surface area contributed by atoms with Gasteiger partial charge in [0.15, 0.2) is 16.7 Å². The first-order chi connectivity index (χ1) is 13.5. The summed E-state index contributed by atoms with van der Waals surface area (Å²) in [5.74, 6) is -0.697. The molecule has 0 saturated carbocycles. The fraction of sp³-hybridized carbons (Fsp3) is 0.0455. The monoisotopic (exact) mass is 390 g/mol. The molecule has 0 aliphatic heterocycles. The summed E-state index contributed by atoms with van der Waals surface area (Å²) < 4.78 is 13.0. The predicted octanol–water partition coefficient (Wildman–Crippen LogP) is 4.09. The summed E-state index contributed by atoms with van der Waals surface area (Å²) in [5, 5.41) is 6.33. The van der Waals surface area contributed by atoms with Crippen LogP contribution in [0, 0.1) is 5.82 Å². The van der Waals surface area contributed by atoms with E-state index in [2.05, 4.69) is 10.6 Å². The van der Waals surface area contributed by atoms with Gasteiger partial charge in [0, 0.05) is 23.2 Å². The molecule has 28 heavy (non-hydrogen) atoms. The molecule has 2 N–H and O–H groups in total. The average molecular weight is 390 g/mol. The minimum Gasteiger partial charge on any atom is -0.358 e. The normalized spacial score (nSPS) is 12.2. The summed E-state index contributed by atoms with van der Waals surface area (Å²) in [5.41, 5.74) is 2.81. The molecule has 3 aromatic carbocycles. The molecule has 0 amide bonds. The number of rotatable bonds is 3. The first-order valence-corrected chi connectivity index (χ1v) is 9.06. The van der Waals surface area contributed by atoms with Crippen LogP contribution >= 0.6 is 12.2 Å². The predicted molar refractivity (Wildman–Crippen MR) is 109 cm³/mol. The quantitative estimate of drug-likeness (QED) is 0.516. The van der Waals surface area contributed by atoms with Crippen LogP contribution in [0.5, 0.6) is 0 Å². The number of hydrogen-bond donors (Lipinski definition) is 2. The molecule has 0 bridgehead atoms. The lowest BCUT2D eigenvalue weighted by molar-refractivity contribution is 0.0979. The van der Waals surface area contributed by atoms with Crippen LogP contribution in [0.4, 0.5) is 10.1 Å². The number of anilines is 1. The number of hydrogen-bond acceptors (Lipinski definition) is 3. The van der Waals surface area contributed by atoms with E-state index in [1.165, 1.54) is 12.1 Å². The SMILES string of the molecule is O=C1c2ccccc2C(=O)c2c(NC(=S)NCc3ccc(F)cc3)cccc21. The summed E-state index contributed by atoms with van der Waals surface area (Å²) in [7, 11) is 0. The third kappa shape index (κ3) is 3.30. The minimum atomic E-state index is -0.302. The molecule has 1 aliphatic rings. The van der Waals surface area contributed by atoms with Crippen molar-refractivity contribution in [1.29, 1.82) is 0 Å². The molecule has 0 fully saturated rings. The van der Waals surface area contributed by atoms with E-state index >= 15 is 0 Å². The number of halogens is 1. The van der Waals surface area contributed by atoms with E-state index in [4.69, 9.17) is 12.2 Å². The zero-order chi connectivity index (χ0) is 19.7. The van der Waals surface area contributed by atoms with E-state index in [0.29, 0.717) is 39.6 Å². The molecule has 1 aliphatic carbocycles. The highest BCUT2D eigenvalue weighted by atomic mass is 32.1. The Kier molecular flexibility index (Phi) is 4.71. The van der Waals surface area contributed by atoms with Gasteiger partial charge in [-0.2, -0.15) is 0 Å². The van der Waals surface area contributed by atoms with Gasteiger partial charge >= 0.3 is 0 Å². The Morgan fingerprint density at radius 3 is 2.18 bits per heavy atom. The number of fused-ring (bicyclic) bond motifs is 2. The topological polar surface area (TPSA) is 58.2 Å². The highest BCUT2D eigenvalue weighted by Gasteiger charge is 2.31. The number of carbonyl (C=O) groups excluding carboxylic acids is 2. The second-order valence-electron chi connectivity index (χ2n) is 6.37. The molecule has 6 heteroatoms. The molecule has 0 atom stereocenters. The van der Waals surface area contributed by atoms with Crippen molar-refractivity contribution in [2.24, 2.45) is 0 Å². The van der Waals surface area contributed by atoms with Gasteiger partial charge in [-0.15, -0.1) is 0 Å². The van der Waals surface area contributed by atoms with Gasteiger partial charge < -0.3 is 10.6 Å². The lowest BCUT2D eigenvalue weighted by atomic mass is 9.83. The lowest BCUT2D eigenvalue weighted by Crippen LogP contribution is -2.30. The van der Waals surface area contributed by atoms with E-state index in [0.717, 1.165) is 5.56 Å². The third-order valence-corrected chi connectivity index (χ3v) is 4.81. The van der Waals surface area contributed by atoms with Crippen molar-refractivity contribution in [2.45, 2.75) is 6.54 Å². The van der Waals surface area contributed by atoms with Gasteiger partial charge in [0.2, 0.25) is 0 Å². The highest BCUT2D eigenvalue weighted by Crippen LogP contribution is 2.31. The van der Waals surface area contributed by atoms with Crippen molar-refractivity contribution in [2.75, 3.05) is 5.32 Å². The van der Waals surface area contributed by atoms with Crippen LogP contribution < -0.4 is 10.6 Å². The fourth-order valence-electron chi connectivity index (χ4n) is 3.20. The molecule has 138 valence electrons. The number of ketones is 2. The first kappa shape index (κ1) is 18.0. The van der Waals surface area contributed by atoms with Gasteiger partial charge in [0.05, 0.1) is 11.3 Å². The number of thiocarbonyl (C=S) groups is 1. The second kappa shape index (κ2) is 7.32. The molecule has 0 radical (unpaired) electrons. The smallest absolute Gasteiger partial charge is 0.196 e. The minimum absolute atomic E-state index is 0.181. The van der Waals surface area contributed by atoms with Crippen molar-refractivity contribution >= 4 is 34.6 Å². The zero-order valence-corrected chi connectivity index (χ0v) is 15.5. The van der Waals surface area contributed by atoms with Gasteiger partial charge in [-0.3, -0.25) is 9.59 Å². The van der Waals surface area contributed by atoms with Crippen molar-refractivity contribution in [3.63, 3.8) is 0 Å². The molecular formula is C22H15FN2O2S. The molecule has 0 spiro atoms. The van der Waals surface area contributed by atoms with Gasteiger partial charge in [0.1, 0.15) is 5.82 Å². The largest absolute Gasteiger partial charge is 0.358 e. The van der Waals surface area contributed by atoms with E-state index in [1.54, 1.807) is 54.6 Å². The molecular weight excluding hydrogens is 375 g/mol. The molecule has 0 heterocycles. The van der Waals surface area contributed by atoms with Crippen LogP contribution in [-0.2, 0) is 6.54 Å². The van der Waals surface area contributed by atoms with Gasteiger partial charge in [-0.25, -0.2) is 4.39 Å². The maximum Gasteiger partial charge on any atom is 0.196 e. The van der Waals surface area contributed by atoms with Gasteiger partial charge in [0.25, 0.3) is 0 Å². The summed E-state index contributed by atoms with van der Waals surface area (Å²) >= 11 is 5.32. The maximum absolute atomic E-state index is 13.0. The average Bonchev–Trinajstić information content (AvgIpc) is 2.71. The molecule has 4 rings (SSSR count). The first-order valence-electron chi connectivity index (χ1n) is 8.65. The third-order valence-electron chi connectivity index (χ3n) is 4.57. The number of benzene rings is 3. The van der Waals surface area contributed by atoms with E-state index in [-0.39, 0.29) is 17.4 Å². The molecule has 0 unspecified atom stereocenters. The van der Waals surface area contributed by atoms with Crippen LogP contribution in [0.2, 0.25) is 0 Å². The van der Waals surface area contributed by atoms with E-state index in [9.17, 15) is 14.0 Å².